The molecule has 8 heteroatoms. The van der Waals surface area contributed by atoms with Gasteiger partial charge in [-0.3, -0.25) is 9.71 Å². The van der Waals surface area contributed by atoms with Crippen LogP contribution in [0.5, 0.6) is 0 Å². The molecule has 0 fully saturated rings. The molecule has 4 rings (SSSR count). The monoisotopic (exact) mass is 436 g/mol. The van der Waals surface area contributed by atoms with Gasteiger partial charge in [-0.2, -0.15) is 5.10 Å². The van der Waals surface area contributed by atoms with E-state index in [-0.39, 0.29) is 22.7 Å². The van der Waals surface area contributed by atoms with Crippen LogP contribution in [0.25, 0.3) is 16.6 Å². The fourth-order valence-electron chi connectivity index (χ4n) is 3.37. The van der Waals surface area contributed by atoms with Crippen LogP contribution in [0.4, 0.5) is 5.82 Å². The molecule has 0 unspecified atom stereocenters. The summed E-state index contributed by atoms with van der Waals surface area (Å²) in [4.78, 5) is 4.50. The standard InChI is InChI=1S/C23H24N4O3S/c1-23(2,3)16-9-11-18(12-10-16)31(29,30)26-22-14-17(15-28)25-27(22)21-8-4-7-20-19(21)6-5-13-24-20/h4-14,26,28H,15H2,1-3H3. The second-order valence-electron chi connectivity index (χ2n) is 8.32. The first-order chi connectivity index (χ1) is 14.7. The molecule has 0 spiro atoms. The van der Waals surface area contributed by atoms with Gasteiger partial charge in [-0.15, -0.1) is 0 Å². The minimum Gasteiger partial charge on any atom is -0.390 e. The highest BCUT2D eigenvalue weighted by atomic mass is 32.2. The van der Waals surface area contributed by atoms with Crippen molar-refractivity contribution in [1.82, 2.24) is 14.8 Å². The number of rotatable bonds is 5. The summed E-state index contributed by atoms with van der Waals surface area (Å²) < 4.78 is 30.3. The summed E-state index contributed by atoms with van der Waals surface area (Å²) in [6.07, 6.45) is 1.69. The quantitative estimate of drug-likeness (QED) is 0.493. The van der Waals surface area contributed by atoms with Gasteiger partial charge in [0.05, 0.1) is 28.4 Å². The lowest BCUT2D eigenvalue weighted by atomic mass is 9.87. The second-order valence-corrected chi connectivity index (χ2v) is 10.0. The van der Waals surface area contributed by atoms with E-state index >= 15 is 0 Å². The van der Waals surface area contributed by atoms with Gasteiger partial charge in [-0.1, -0.05) is 39.0 Å². The van der Waals surface area contributed by atoms with Crippen molar-refractivity contribution in [2.24, 2.45) is 0 Å². The molecule has 2 aromatic carbocycles. The van der Waals surface area contributed by atoms with Gasteiger partial charge < -0.3 is 5.11 Å². The maximum Gasteiger partial charge on any atom is 0.263 e. The number of aromatic nitrogens is 3. The van der Waals surface area contributed by atoms with E-state index in [9.17, 15) is 13.5 Å². The largest absolute Gasteiger partial charge is 0.390 e. The van der Waals surface area contributed by atoms with Crippen LogP contribution < -0.4 is 4.72 Å². The van der Waals surface area contributed by atoms with Crippen molar-refractivity contribution >= 4 is 26.7 Å². The number of benzene rings is 2. The predicted octanol–water partition coefficient (Wildman–Crippen LogP) is 4.01. The van der Waals surface area contributed by atoms with Gasteiger partial charge in [-0.25, -0.2) is 13.1 Å². The third-order valence-electron chi connectivity index (χ3n) is 5.04. The molecule has 31 heavy (non-hydrogen) atoms. The van der Waals surface area contributed by atoms with Gasteiger partial charge in [0.15, 0.2) is 0 Å². The molecule has 0 aliphatic heterocycles. The van der Waals surface area contributed by atoms with Crippen LogP contribution >= 0.6 is 0 Å². The van der Waals surface area contributed by atoms with Crippen molar-refractivity contribution in [2.45, 2.75) is 37.7 Å². The molecule has 160 valence electrons. The third-order valence-corrected chi connectivity index (χ3v) is 6.41. The van der Waals surface area contributed by atoms with E-state index in [1.54, 1.807) is 18.3 Å². The summed E-state index contributed by atoms with van der Waals surface area (Å²) in [5.74, 6) is 0.236. The highest BCUT2D eigenvalue weighted by Crippen LogP contribution is 2.27. The maximum atomic E-state index is 13.1. The number of anilines is 1. The van der Waals surface area contributed by atoms with Crippen LogP contribution in [0.3, 0.4) is 0 Å². The van der Waals surface area contributed by atoms with Crippen LogP contribution in [0.2, 0.25) is 0 Å². The Bertz CT molecular complexity index is 1330. The van der Waals surface area contributed by atoms with Crippen LogP contribution in [-0.2, 0) is 22.0 Å². The molecule has 2 aromatic heterocycles. The Morgan fingerprint density at radius 3 is 2.45 bits per heavy atom. The zero-order valence-corrected chi connectivity index (χ0v) is 18.4. The molecule has 0 bridgehead atoms. The minimum atomic E-state index is -3.86. The van der Waals surface area contributed by atoms with Crippen LogP contribution in [0.1, 0.15) is 32.0 Å². The van der Waals surface area contributed by atoms with Gasteiger partial charge >= 0.3 is 0 Å². The zero-order chi connectivity index (χ0) is 22.2. The smallest absolute Gasteiger partial charge is 0.263 e. The van der Waals surface area contributed by atoms with E-state index in [1.165, 1.54) is 10.7 Å². The summed E-state index contributed by atoms with van der Waals surface area (Å²) in [6, 6.07) is 17.6. The molecule has 0 aliphatic carbocycles. The van der Waals surface area contributed by atoms with Crippen molar-refractivity contribution < 1.29 is 13.5 Å². The molecule has 7 nitrogen and oxygen atoms in total. The van der Waals surface area contributed by atoms with Gasteiger partial charge in [0.25, 0.3) is 10.0 Å². The summed E-state index contributed by atoms with van der Waals surface area (Å²) in [5, 5.41) is 14.8. The fourth-order valence-corrected chi connectivity index (χ4v) is 4.40. The Balaban J connectivity index is 1.76. The normalized spacial score (nSPS) is 12.3. The molecule has 2 N–H and O–H groups in total. The molecule has 0 amide bonds. The van der Waals surface area contributed by atoms with E-state index < -0.39 is 10.0 Å². The summed E-state index contributed by atoms with van der Waals surface area (Å²) in [7, 11) is -3.86. The number of sulfonamides is 1. The molecule has 4 aromatic rings. The Morgan fingerprint density at radius 1 is 1.03 bits per heavy atom. The SMILES string of the molecule is CC(C)(C)c1ccc(S(=O)(=O)Nc2cc(CO)nn2-c2cccc3ncccc23)cc1. The Hall–Kier alpha value is -3.23. The summed E-state index contributed by atoms with van der Waals surface area (Å²) in [5.41, 5.74) is 2.73. The van der Waals surface area contributed by atoms with Crippen LogP contribution in [0.15, 0.2) is 71.8 Å². The number of aliphatic hydroxyl groups excluding tert-OH is 1. The van der Waals surface area contributed by atoms with Crippen molar-refractivity contribution in [3.8, 4) is 5.69 Å². The first kappa shape index (κ1) is 21.0. The lowest BCUT2D eigenvalue weighted by Gasteiger charge is -2.19. The molecular formula is C23H24N4O3S. The number of aliphatic hydroxyl groups is 1. The highest BCUT2D eigenvalue weighted by molar-refractivity contribution is 7.92. The molecule has 0 atom stereocenters. The van der Waals surface area contributed by atoms with Crippen molar-refractivity contribution in [3.05, 3.63) is 78.1 Å². The number of nitrogens with one attached hydrogen (secondary N) is 1. The van der Waals surface area contributed by atoms with Crippen molar-refractivity contribution in [3.63, 3.8) is 0 Å². The van der Waals surface area contributed by atoms with Gasteiger partial charge in [0.1, 0.15) is 5.82 Å². The molecule has 2 heterocycles. The molecular weight excluding hydrogens is 412 g/mol. The third kappa shape index (κ3) is 4.17. The van der Waals surface area contributed by atoms with Gasteiger partial charge in [0.2, 0.25) is 0 Å². The fraction of sp³-hybridized carbons (Fsp3) is 0.217. The number of fused-ring (bicyclic) bond motifs is 1. The highest BCUT2D eigenvalue weighted by Gasteiger charge is 2.21. The topological polar surface area (TPSA) is 97.1 Å². The molecule has 0 aliphatic rings. The minimum absolute atomic E-state index is 0.0766. The Labute approximate surface area is 181 Å². The lowest BCUT2D eigenvalue weighted by Crippen LogP contribution is -2.17. The maximum absolute atomic E-state index is 13.1. The van der Waals surface area contributed by atoms with Crippen LogP contribution in [0, 0.1) is 0 Å². The number of hydrogen-bond donors (Lipinski definition) is 2. The predicted molar refractivity (Wildman–Crippen MR) is 121 cm³/mol. The first-order valence-corrected chi connectivity index (χ1v) is 11.3. The number of hydrogen-bond acceptors (Lipinski definition) is 5. The Kier molecular flexibility index (Phi) is 5.28. The first-order valence-electron chi connectivity index (χ1n) is 9.86. The lowest BCUT2D eigenvalue weighted by molar-refractivity contribution is 0.276. The second kappa shape index (κ2) is 7.79. The van der Waals surface area contributed by atoms with E-state index in [2.05, 4.69) is 35.6 Å². The van der Waals surface area contributed by atoms with E-state index in [1.807, 2.05) is 42.5 Å². The van der Waals surface area contributed by atoms with Crippen molar-refractivity contribution in [2.75, 3.05) is 4.72 Å². The zero-order valence-electron chi connectivity index (χ0n) is 17.6. The summed E-state index contributed by atoms with van der Waals surface area (Å²) in [6.45, 7) is 5.90. The molecule has 0 saturated heterocycles. The summed E-state index contributed by atoms with van der Waals surface area (Å²) >= 11 is 0. The van der Waals surface area contributed by atoms with Gasteiger partial charge in [-0.05, 0) is 47.4 Å². The Morgan fingerprint density at radius 2 is 1.77 bits per heavy atom. The average molecular weight is 437 g/mol. The van der Waals surface area contributed by atoms with E-state index in [4.69, 9.17) is 0 Å². The van der Waals surface area contributed by atoms with Crippen molar-refractivity contribution in [1.29, 1.82) is 0 Å². The van der Waals surface area contributed by atoms with Crippen LogP contribution in [-0.4, -0.2) is 28.3 Å². The van der Waals surface area contributed by atoms with E-state index in [0.717, 1.165) is 16.5 Å². The molecule has 0 radical (unpaired) electrons. The number of pyridine rings is 1. The average Bonchev–Trinajstić information content (AvgIpc) is 3.15. The molecule has 0 saturated carbocycles. The van der Waals surface area contributed by atoms with E-state index in [0.29, 0.717) is 11.4 Å². The van der Waals surface area contributed by atoms with Gasteiger partial charge in [0, 0.05) is 17.6 Å². The number of nitrogens with zero attached hydrogens (tertiary/aromatic N) is 3.